The number of halogens is 6. The second-order valence-electron chi connectivity index (χ2n) is 5.65. The molecule has 0 spiro atoms. The van der Waals surface area contributed by atoms with Gasteiger partial charge >= 0.3 is 12.4 Å². The zero-order valence-corrected chi connectivity index (χ0v) is 11.5. The van der Waals surface area contributed by atoms with E-state index >= 15 is 0 Å². The Kier molecular flexibility index (Phi) is 5.01. The van der Waals surface area contributed by atoms with Gasteiger partial charge in [0.15, 0.2) is 0 Å². The van der Waals surface area contributed by atoms with Crippen molar-refractivity contribution in [3.63, 3.8) is 0 Å². The highest BCUT2D eigenvalue weighted by Gasteiger charge is 2.61. The number of hydrogen-bond acceptors (Lipinski definition) is 2. The molecule has 8 heteroatoms. The summed E-state index contributed by atoms with van der Waals surface area (Å²) < 4.78 is 78.9. The van der Waals surface area contributed by atoms with E-state index in [1.165, 1.54) is 0 Å². The first-order valence-corrected chi connectivity index (χ1v) is 6.43. The maximum absolute atomic E-state index is 12.4. The van der Waals surface area contributed by atoms with Gasteiger partial charge in [0.05, 0.1) is 6.10 Å². The second-order valence-corrected chi connectivity index (χ2v) is 5.65. The van der Waals surface area contributed by atoms with Crippen molar-refractivity contribution in [3.05, 3.63) is 0 Å². The Bertz CT molecular complexity index is 311. The maximum Gasteiger partial charge on any atom is 0.423 e. The van der Waals surface area contributed by atoms with Gasteiger partial charge in [-0.3, -0.25) is 0 Å². The minimum atomic E-state index is -5.45. The fourth-order valence-corrected chi connectivity index (χ4v) is 2.29. The summed E-state index contributed by atoms with van der Waals surface area (Å²) in [7, 11) is 0. The van der Waals surface area contributed by atoms with E-state index in [4.69, 9.17) is 0 Å². The van der Waals surface area contributed by atoms with Crippen LogP contribution in [0.5, 0.6) is 0 Å². The fourth-order valence-electron chi connectivity index (χ4n) is 2.29. The Balaban J connectivity index is 2.69. The molecule has 2 nitrogen and oxygen atoms in total. The molecular weight excluding hydrogens is 288 g/mol. The minimum absolute atomic E-state index is 0.130. The van der Waals surface area contributed by atoms with Crippen LogP contribution in [-0.4, -0.2) is 37.1 Å². The van der Waals surface area contributed by atoms with Crippen LogP contribution in [0.1, 0.15) is 33.6 Å². The minimum Gasteiger partial charge on any atom is -0.357 e. The Morgan fingerprint density at radius 2 is 1.65 bits per heavy atom. The quantitative estimate of drug-likeness (QED) is 0.783. The molecule has 0 heterocycles. The van der Waals surface area contributed by atoms with Crippen molar-refractivity contribution in [1.29, 1.82) is 0 Å². The van der Waals surface area contributed by atoms with Crippen LogP contribution in [0.25, 0.3) is 0 Å². The zero-order valence-electron chi connectivity index (χ0n) is 11.5. The summed E-state index contributed by atoms with van der Waals surface area (Å²) in [5.74, 6) is 0. The fraction of sp³-hybridized carbons (Fsp3) is 1.00. The molecule has 2 unspecified atom stereocenters. The molecule has 0 amide bonds. The second kappa shape index (κ2) is 5.71. The molecule has 0 saturated heterocycles. The molecule has 0 radical (unpaired) electrons. The van der Waals surface area contributed by atoms with E-state index < -0.39 is 30.0 Å². The SMILES string of the molecule is CCCNC1CC(OC(C(F)(F)F)C(F)(F)F)C1(C)C. The van der Waals surface area contributed by atoms with Crippen molar-refractivity contribution < 1.29 is 31.1 Å². The van der Waals surface area contributed by atoms with Gasteiger partial charge in [-0.2, -0.15) is 26.3 Å². The molecule has 1 saturated carbocycles. The summed E-state index contributed by atoms with van der Waals surface area (Å²) in [5.41, 5.74) is -0.760. The zero-order chi connectivity index (χ0) is 15.8. The highest BCUT2D eigenvalue weighted by molar-refractivity contribution is 5.03. The third kappa shape index (κ3) is 3.78. The van der Waals surface area contributed by atoms with Crippen molar-refractivity contribution in [2.45, 2.75) is 64.2 Å². The third-order valence-corrected chi connectivity index (χ3v) is 3.71. The lowest BCUT2D eigenvalue weighted by molar-refractivity contribution is -0.346. The third-order valence-electron chi connectivity index (χ3n) is 3.71. The van der Waals surface area contributed by atoms with E-state index in [0.29, 0.717) is 6.54 Å². The van der Waals surface area contributed by atoms with Crippen LogP contribution in [0.2, 0.25) is 0 Å². The monoisotopic (exact) mass is 307 g/mol. The molecule has 0 aromatic heterocycles. The van der Waals surface area contributed by atoms with E-state index in [2.05, 4.69) is 10.1 Å². The molecule has 1 fully saturated rings. The molecule has 120 valence electrons. The summed E-state index contributed by atoms with van der Waals surface area (Å²) in [6.07, 6.45) is -14.7. The Labute approximate surface area is 113 Å². The number of hydrogen-bond donors (Lipinski definition) is 1. The maximum atomic E-state index is 12.4. The highest BCUT2D eigenvalue weighted by Crippen LogP contribution is 2.46. The van der Waals surface area contributed by atoms with E-state index in [-0.39, 0.29) is 12.5 Å². The van der Waals surface area contributed by atoms with E-state index in [0.717, 1.165) is 6.42 Å². The van der Waals surface area contributed by atoms with Gasteiger partial charge < -0.3 is 10.1 Å². The van der Waals surface area contributed by atoms with Crippen molar-refractivity contribution in [1.82, 2.24) is 5.32 Å². The molecule has 2 atom stereocenters. The first-order chi connectivity index (χ1) is 8.90. The first kappa shape index (κ1) is 17.6. The summed E-state index contributed by atoms with van der Waals surface area (Å²) in [5, 5.41) is 3.10. The van der Waals surface area contributed by atoms with Gasteiger partial charge in [0.25, 0.3) is 0 Å². The van der Waals surface area contributed by atoms with Crippen LogP contribution in [0.3, 0.4) is 0 Å². The lowest BCUT2D eigenvalue weighted by Gasteiger charge is -2.53. The molecule has 20 heavy (non-hydrogen) atoms. The van der Waals surface area contributed by atoms with E-state index in [9.17, 15) is 26.3 Å². The summed E-state index contributed by atoms with van der Waals surface area (Å²) in [6.45, 7) is 5.81. The normalized spacial score (nSPS) is 26.7. The van der Waals surface area contributed by atoms with Gasteiger partial charge in [0.2, 0.25) is 6.10 Å². The molecule has 0 aromatic carbocycles. The van der Waals surface area contributed by atoms with Crippen LogP contribution < -0.4 is 5.32 Å². The van der Waals surface area contributed by atoms with Gasteiger partial charge in [-0.05, 0) is 19.4 Å². The van der Waals surface area contributed by atoms with E-state index in [1.54, 1.807) is 13.8 Å². The number of rotatable bonds is 5. The molecular formula is C12H19F6NO. The molecule has 0 bridgehead atoms. The summed E-state index contributed by atoms with van der Waals surface area (Å²) in [6, 6.07) is -0.130. The smallest absolute Gasteiger partial charge is 0.357 e. The number of nitrogens with one attached hydrogen (secondary N) is 1. The van der Waals surface area contributed by atoms with Crippen molar-refractivity contribution >= 4 is 0 Å². The van der Waals surface area contributed by atoms with E-state index in [1.807, 2.05) is 6.92 Å². The summed E-state index contributed by atoms with van der Waals surface area (Å²) >= 11 is 0. The van der Waals surface area contributed by atoms with Crippen LogP contribution in [-0.2, 0) is 4.74 Å². The number of alkyl halides is 6. The molecule has 1 aliphatic rings. The standard InChI is InChI=1S/C12H19F6NO/c1-4-5-19-7-6-8(10(7,2)3)20-9(11(13,14)15)12(16,17)18/h7-9,19H,4-6H2,1-3H3. The molecule has 1 N–H and O–H groups in total. The molecule has 1 aliphatic carbocycles. The topological polar surface area (TPSA) is 21.3 Å². The van der Waals surface area contributed by atoms with Crippen LogP contribution in [0, 0.1) is 5.41 Å². The predicted molar refractivity (Wildman–Crippen MR) is 61.3 cm³/mol. The van der Waals surface area contributed by atoms with Gasteiger partial charge in [0, 0.05) is 11.5 Å². The molecule has 0 aromatic rings. The lowest BCUT2D eigenvalue weighted by Crippen LogP contribution is -2.63. The molecule has 0 aliphatic heterocycles. The average molecular weight is 307 g/mol. The van der Waals surface area contributed by atoms with Crippen molar-refractivity contribution in [2.24, 2.45) is 5.41 Å². The van der Waals surface area contributed by atoms with Crippen molar-refractivity contribution in [3.8, 4) is 0 Å². The highest BCUT2D eigenvalue weighted by atomic mass is 19.4. The van der Waals surface area contributed by atoms with Gasteiger partial charge in [-0.1, -0.05) is 20.8 Å². The molecule has 1 rings (SSSR count). The van der Waals surface area contributed by atoms with Gasteiger partial charge in [-0.25, -0.2) is 0 Å². The predicted octanol–water partition coefficient (Wildman–Crippen LogP) is 3.66. The van der Waals surface area contributed by atoms with Gasteiger partial charge in [0.1, 0.15) is 0 Å². The van der Waals surface area contributed by atoms with Gasteiger partial charge in [-0.15, -0.1) is 0 Å². The summed E-state index contributed by atoms with van der Waals surface area (Å²) in [4.78, 5) is 0. The average Bonchev–Trinajstić information content (AvgIpc) is 2.23. The Morgan fingerprint density at radius 3 is 2.00 bits per heavy atom. The van der Waals surface area contributed by atoms with Crippen LogP contribution in [0.15, 0.2) is 0 Å². The van der Waals surface area contributed by atoms with Crippen LogP contribution >= 0.6 is 0 Å². The Morgan fingerprint density at radius 1 is 1.15 bits per heavy atom. The Hall–Kier alpha value is -0.500. The van der Waals surface area contributed by atoms with Crippen LogP contribution in [0.4, 0.5) is 26.3 Å². The first-order valence-electron chi connectivity index (χ1n) is 6.43. The number of ether oxygens (including phenoxy) is 1. The largest absolute Gasteiger partial charge is 0.423 e. The van der Waals surface area contributed by atoms with Crippen molar-refractivity contribution in [2.75, 3.05) is 6.54 Å². The lowest BCUT2D eigenvalue weighted by atomic mass is 9.64.